The third kappa shape index (κ3) is 4.68. The van der Waals surface area contributed by atoms with Crippen molar-refractivity contribution in [3.63, 3.8) is 0 Å². The van der Waals surface area contributed by atoms with Gasteiger partial charge in [0.25, 0.3) is 0 Å². The van der Waals surface area contributed by atoms with Crippen molar-refractivity contribution < 1.29 is 47.4 Å². The van der Waals surface area contributed by atoms with Crippen molar-refractivity contribution in [1.82, 2.24) is 0 Å². The van der Waals surface area contributed by atoms with Crippen LogP contribution in [0.15, 0.2) is 22.8 Å². The number of carbonyl (C=O) groups excluding carboxylic acids is 4. The zero-order chi connectivity index (χ0) is 28.7. The molecule has 3 aliphatic rings. The average molecular weight is 534 g/mol. The van der Waals surface area contributed by atoms with Gasteiger partial charge in [-0.3, -0.25) is 19.2 Å². The Morgan fingerprint density at radius 1 is 0.789 bits per heavy atom. The normalized spacial score (nSPS) is 25.9. The van der Waals surface area contributed by atoms with Gasteiger partial charge in [0.1, 0.15) is 0 Å². The first-order valence-corrected chi connectivity index (χ1v) is 12.7. The Bertz CT molecular complexity index is 1020. The van der Waals surface area contributed by atoms with Crippen molar-refractivity contribution in [3.8, 4) is 0 Å². The van der Waals surface area contributed by atoms with Crippen LogP contribution < -0.4 is 0 Å². The molecule has 0 N–H and O–H groups in total. The van der Waals surface area contributed by atoms with Crippen LogP contribution in [0.3, 0.4) is 0 Å². The quantitative estimate of drug-likeness (QED) is 0.158. The van der Waals surface area contributed by atoms with Crippen LogP contribution in [0.4, 0.5) is 0 Å². The molecule has 0 bridgehead atoms. The molecule has 2 aliphatic carbocycles. The summed E-state index contributed by atoms with van der Waals surface area (Å²) in [6.07, 6.45) is 2.38. The summed E-state index contributed by atoms with van der Waals surface area (Å²) in [6.45, 7) is 9.60. The first kappa shape index (κ1) is 29.9. The van der Waals surface area contributed by atoms with Crippen molar-refractivity contribution in [2.75, 3.05) is 28.4 Å². The Morgan fingerprint density at radius 2 is 1.24 bits per heavy atom. The summed E-state index contributed by atoms with van der Waals surface area (Å²) < 4.78 is 32.7. The number of rotatable bonds is 7. The van der Waals surface area contributed by atoms with Gasteiger partial charge < -0.3 is 28.3 Å². The molecule has 0 aromatic rings. The minimum Gasteiger partial charge on any atom is -0.468 e. The molecule has 0 unspecified atom stereocenters. The fraction of sp³-hybridized carbons (Fsp3) is 0.704. The number of hydrogen-bond acceptors (Lipinski definition) is 10. The van der Waals surface area contributed by atoms with E-state index in [0.29, 0.717) is 0 Å². The molecule has 38 heavy (non-hydrogen) atoms. The molecule has 1 aliphatic heterocycles. The highest BCUT2D eigenvalue weighted by molar-refractivity contribution is 6.46. The summed E-state index contributed by atoms with van der Waals surface area (Å²) in [7, 11) is 4.29. The maximum absolute atomic E-state index is 13.1. The topological polar surface area (TPSA) is 124 Å². The largest absolute Gasteiger partial charge is 0.468 e. The second-order valence-electron chi connectivity index (χ2n) is 11.3. The molecular weight excluding hydrogens is 495 g/mol. The van der Waals surface area contributed by atoms with E-state index in [1.54, 1.807) is 0 Å². The van der Waals surface area contributed by atoms with E-state index in [-0.39, 0.29) is 32.0 Å². The summed E-state index contributed by atoms with van der Waals surface area (Å²) in [6, 6.07) is 0. The van der Waals surface area contributed by atoms with Crippen LogP contribution in [0.5, 0.6) is 0 Å². The van der Waals surface area contributed by atoms with Crippen LogP contribution in [0, 0.1) is 16.7 Å². The van der Waals surface area contributed by atoms with E-state index in [1.165, 1.54) is 28.4 Å². The highest BCUT2D eigenvalue weighted by Gasteiger charge is 2.61. The lowest BCUT2D eigenvalue weighted by atomic mass is 9.76. The summed E-state index contributed by atoms with van der Waals surface area (Å²) in [4.78, 5) is 52.1. The van der Waals surface area contributed by atoms with Gasteiger partial charge in [-0.15, -0.1) is 0 Å². The second-order valence-corrected chi connectivity index (χ2v) is 11.3. The van der Waals surface area contributed by atoms with Crippen molar-refractivity contribution in [3.05, 3.63) is 22.8 Å². The second kappa shape index (κ2) is 10.5. The number of allylic oxidation sites excluding steroid dienone is 4. The SMILES string of the molecule is C/C=C1\CC(C(=O)OC)(C(=O)OC)C[C@@H]1C1=C(CB2OC(C)(C)C(C)(C)O2)CC(C(=O)OC)(C(=O)OC)C1. The molecular formula is C27H39BO10. The van der Waals surface area contributed by atoms with E-state index in [9.17, 15) is 19.2 Å². The summed E-state index contributed by atoms with van der Waals surface area (Å²) in [5.41, 5.74) is -1.95. The first-order chi connectivity index (χ1) is 17.7. The third-order valence-electron chi connectivity index (χ3n) is 8.78. The van der Waals surface area contributed by atoms with E-state index in [1.807, 2.05) is 40.7 Å². The van der Waals surface area contributed by atoms with Crippen molar-refractivity contribution in [1.29, 1.82) is 0 Å². The molecule has 1 saturated carbocycles. The fourth-order valence-corrected chi connectivity index (χ4v) is 6.03. The number of carbonyl (C=O) groups is 4. The van der Waals surface area contributed by atoms with E-state index < -0.39 is 58.9 Å². The predicted molar refractivity (Wildman–Crippen MR) is 137 cm³/mol. The standard InChI is InChI=1S/C27H39BO10/c1-10-16-11-26(20(29)33-6,21(30)34-7)13-18(16)19-14-27(22(31)35-8,23(32)36-9)12-17(19)15-28-37-24(2,3)25(4,5)38-28/h10,18H,11-15H2,1-9H3/b16-10+/t18-/m0/s1. The van der Waals surface area contributed by atoms with Crippen molar-refractivity contribution >= 4 is 31.0 Å². The lowest BCUT2D eigenvalue weighted by molar-refractivity contribution is -0.170. The molecule has 0 aromatic heterocycles. The zero-order valence-corrected chi connectivity index (χ0v) is 23.9. The molecule has 0 radical (unpaired) electrons. The summed E-state index contributed by atoms with van der Waals surface area (Å²) >= 11 is 0. The van der Waals surface area contributed by atoms with Crippen LogP contribution >= 0.6 is 0 Å². The van der Waals surface area contributed by atoms with E-state index in [0.717, 1.165) is 16.7 Å². The molecule has 2 fully saturated rings. The van der Waals surface area contributed by atoms with Gasteiger partial charge in [-0.1, -0.05) is 22.8 Å². The molecule has 3 rings (SSSR count). The molecule has 0 amide bonds. The van der Waals surface area contributed by atoms with E-state index >= 15 is 0 Å². The van der Waals surface area contributed by atoms with Crippen molar-refractivity contribution in [2.45, 2.75) is 77.8 Å². The van der Waals surface area contributed by atoms with Gasteiger partial charge in [0, 0.05) is 12.2 Å². The first-order valence-electron chi connectivity index (χ1n) is 12.7. The number of ether oxygens (including phenoxy) is 4. The summed E-state index contributed by atoms with van der Waals surface area (Å²) in [5.74, 6) is -3.23. The van der Waals surface area contributed by atoms with Crippen molar-refractivity contribution in [2.24, 2.45) is 16.7 Å². The Balaban J connectivity index is 2.12. The Labute approximate surface area is 224 Å². The van der Waals surface area contributed by atoms with Crippen LogP contribution in [0.1, 0.15) is 60.3 Å². The molecule has 210 valence electrons. The Hall–Kier alpha value is -2.66. The molecule has 1 heterocycles. The number of methoxy groups -OCH3 is 4. The summed E-state index contributed by atoms with van der Waals surface area (Å²) in [5, 5.41) is 0. The molecule has 11 heteroatoms. The van der Waals surface area contributed by atoms with Gasteiger partial charge in [-0.2, -0.15) is 0 Å². The highest BCUT2D eigenvalue weighted by Crippen LogP contribution is 2.57. The zero-order valence-electron chi connectivity index (χ0n) is 23.9. The van der Waals surface area contributed by atoms with Crippen LogP contribution in [0.25, 0.3) is 0 Å². The van der Waals surface area contributed by atoms with Gasteiger partial charge in [0.15, 0.2) is 10.8 Å². The molecule has 0 spiro atoms. The van der Waals surface area contributed by atoms with Crippen LogP contribution in [-0.2, 0) is 47.4 Å². The molecule has 1 saturated heterocycles. The van der Waals surface area contributed by atoms with Gasteiger partial charge in [-0.05, 0) is 60.3 Å². The molecule has 10 nitrogen and oxygen atoms in total. The molecule has 1 atom stereocenters. The Morgan fingerprint density at radius 3 is 1.66 bits per heavy atom. The van der Waals surface area contributed by atoms with Gasteiger partial charge in [-0.25, -0.2) is 0 Å². The third-order valence-corrected chi connectivity index (χ3v) is 8.78. The number of esters is 4. The van der Waals surface area contributed by atoms with Gasteiger partial charge >= 0.3 is 31.0 Å². The lowest BCUT2D eigenvalue weighted by Gasteiger charge is -2.32. The Kier molecular flexibility index (Phi) is 8.25. The minimum atomic E-state index is -1.60. The maximum Gasteiger partial charge on any atom is 0.462 e. The van der Waals surface area contributed by atoms with E-state index in [2.05, 4.69) is 0 Å². The minimum absolute atomic E-state index is 0.0155. The maximum atomic E-state index is 13.1. The highest BCUT2D eigenvalue weighted by atomic mass is 16.7. The van der Waals surface area contributed by atoms with Crippen LogP contribution in [0.2, 0.25) is 6.32 Å². The average Bonchev–Trinajstić information content (AvgIpc) is 3.51. The van der Waals surface area contributed by atoms with Crippen LogP contribution in [-0.4, -0.2) is 70.6 Å². The van der Waals surface area contributed by atoms with Gasteiger partial charge in [0.2, 0.25) is 0 Å². The predicted octanol–water partition coefficient (Wildman–Crippen LogP) is 3.19. The van der Waals surface area contributed by atoms with Gasteiger partial charge in [0.05, 0.1) is 39.6 Å². The smallest absolute Gasteiger partial charge is 0.462 e. The van der Waals surface area contributed by atoms with E-state index in [4.69, 9.17) is 28.3 Å². The lowest BCUT2D eigenvalue weighted by Crippen LogP contribution is -2.41. The monoisotopic (exact) mass is 534 g/mol. The fourth-order valence-electron chi connectivity index (χ4n) is 6.03. The number of hydrogen-bond donors (Lipinski definition) is 0. The molecule has 0 aromatic carbocycles.